The molecule has 0 saturated heterocycles. The highest BCUT2D eigenvalue weighted by atomic mass is 16.5. The fourth-order valence-corrected chi connectivity index (χ4v) is 3.21. The van der Waals surface area contributed by atoms with Crippen LogP contribution in [-0.4, -0.2) is 12.4 Å². The number of carbonyl (C=O) groups is 1. The van der Waals surface area contributed by atoms with Crippen molar-refractivity contribution >= 4 is 5.78 Å². The number of ether oxygens (including phenoxy) is 1. The number of benzene rings is 1. The molecule has 0 radical (unpaired) electrons. The summed E-state index contributed by atoms with van der Waals surface area (Å²) in [5.41, 5.74) is 0.816. The molecule has 2 heteroatoms. The number of carbonyl (C=O) groups excluding carboxylic acids is 1. The van der Waals surface area contributed by atoms with E-state index >= 15 is 0 Å². The van der Waals surface area contributed by atoms with Crippen LogP contribution in [0.5, 0.6) is 5.75 Å². The lowest BCUT2D eigenvalue weighted by Gasteiger charge is -2.21. The zero-order chi connectivity index (χ0) is 14.5. The molecule has 0 spiro atoms. The Labute approximate surface area is 127 Å². The average Bonchev–Trinajstić information content (AvgIpc) is 3.36. The van der Waals surface area contributed by atoms with E-state index in [0.29, 0.717) is 12.3 Å². The van der Waals surface area contributed by atoms with Gasteiger partial charge in [-0.15, -0.1) is 0 Å². The summed E-state index contributed by atoms with van der Waals surface area (Å²) in [5.74, 6) is 2.65. The second-order valence-corrected chi connectivity index (χ2v) is 6.75. The van der Waals surface area contributed by atoms with E-state index in [1.54, 1.807) is 0 Å². The number of Topliss-reactive ketones (excluding diaryl/α,β-unsaturated/α-hetero) is 1. The number of hydrogen-bond donors (Lipinski definition) is 0. The standard InChI is InChI=1S/C19H26O2/c20-19(12-11-15-9-10-15)17-7-4-8-18(13-17)21-14-16-5-2-1-3-6-16/h4,7-8,13,15-16H,1-3,5-6,9-12,14H2. The molecule has 114 valence electrons. The molecule has 2 aliphatic rings. The van der Waals surface area contributed by atoms with Crippen LogP contribution in [0.2, 0.25) is 0 Å². The van der Waals surface area contributed by atoms with Gasteiger partial charge in [-0.2, -0.15) is 0 Å². The highest BCUT2D eigenvalue weighted by molar-refractivity contribution is 5.96. The van der Waals surface area contributed by atoms with Crippen LogP contribution in [0.3, 0.4) is 0 Å². The Balaban J connectivity index is 1.50. The van der Waals surface area contributed by atoms with Crippen molar-refractivity contribution in [3.63, 3.8) is 0 Å². The normalized spacial score (nSPS) is 19.4. The van der Waals surface area contributed by atoms with Crippen LogP contribution < -0.4 is 4.74 Å². The minimum Gasteiger partial charge on any atom is -0.493 e. The Morgan fingerprint density at radius 1 is 1.05 bits per heavy atom. The fourth-order valence-electron chi connectivity index (χ4n) is 3.21. The van der Waals surface area contributed by atoms with E-state index < -0.39 is 0 Å². The summed E-state index contributed by atoms with van der Waals surface area (Å²) < 4.78 is 5.92. The quantitative estimate of drug-likeness (QED) is 0.658. The van der Waals surface area contributed by atoms with Gasteiger partial charge in [0.05, 0.1) is 6.61 Å². The van der Waals surface area contributed by atoms with Gasteiger partial charge in [-0.05, 0) is 43.2 Å². The van der Waals surface area contributed by atoms with Crippen molar-refractivity contribution in [3.05, 3.63) is 29.8 Å². The Kier molecular flexibility index (Phi) is 4.95. The van der Waals surface area contributed by atoms with Crippen LogP contribution >= 0.6 is 0 Å². The predicted molar refractivity (Wildman–Crippen MR) is 84.8 cm³/mol. The summed E-state index contributed by atoms with van der Waals surface area (Å²) >= 11 is 0. The monoisotopic (exact) mass is 286 g/mol. The zero-order valence-electron chi connectivity index (χ0n) is 12.9. The highest BCUT2D eigenvalue weighted by Gasteiger charge is 2.22. The fraction of sp³-hybridized carbons (Fsp3) is 0.632. The van der Waals surface area contributed by atoms with E-state index in [4.69, 9.17) is 4.74 Å². The van der Waals surface area contributed by atoms with Crippen molar-refractivity contribution in [1.82, 2.24) is 0 Å². The van der Waals surface area contributed by atoms with Crippen molar-refractivity contribution in [2.24, 2.45) is 11.8 Å². The van der Waals surface area contributed by atoms with E-state index in [9.17, 15) is 4.79 Å². The average molecular weight is 286 g/mol. The third-order valence-electron chi connectivity index (χ3n) is 4.84. The van der Waals surface area contributed by atoms with Crippen molar-refractivity contribution in [2.45, 2.75) is 57.8 Å². The Hall–Kier alpha value is -1.31. The van der Waals surface area contributed by atoms with Crippen LogP contribution in [0.15, 0.2) is 24.3 Å². The van der Waals surface area contributed by atoms with Crippen molar-refractivity contribution in [2.75, 3.05) is 6.61 Å². The molecule has 1 aromatic rings. The maximum absolute atomic E-state index is 12.2. The van der Waals surface area contributed by atoms with Gasteiger partial charge in [-0.25, -0.2) is 0 Å². The summed E-state index contributed by atoms with van der Waals surface area (Å²) in [6.45, 7) is 0.805. The SMILES string of the molecule is O=C(CCC1CC1)c1cccc(OCC2CCCCC2)c1. The van der Waals surface area contributed by atoms with Crippen LogP contribution in [-0.2, 0) is 0 Å². The first kappa shape index (κ1) is 14.6. The molecule has 2 saturated carbocycles. The molecule has 2 aliphatic carbocycles. The molecule has 0 N–H and O–H groups in total. The van der Waals surface area contributed by atoms with Crippen LogP contribution in [0.1, 0.15) is 68.1 Å². The van der Waals surface area contributed by atoms with Gasteiger partial charge in [-0.1, -0.05) is 44.2 Å². The van der Waals surface area contributed by atoms with E-state index in [0.717, 1.165) is 30.3 Å². The Morgan fingerprint density at radius 3 is 2.62 bits per heavy atom. The molecule has 0 amide bonds. The highest BCUT2D eigenvalue weighted by Crippen LogP contribution is 2.34. The summed E-state index contributed by atoms with van der Waals surface area (Å²) in [7, 11) is 0. The largest absolute Gasteiger partial charge is 0.493 e. The third kappa shape index (κ3) is 4.59. The van der Waals surface area contributed by atoms with E-state index in [-0.39, 0.29) is 5.78 Å². The molecule has 0 atom stereocenters. The van der Waals surface area contributed by atoms with Gasteiger partial charge in [0, 0.05) is 12.0 Å². The minimum absolute atomic E-state index is 0.269. The third-order valence-corrected chi connectivity index (χ3v) is 4.84. The lowest BCUT2D eigenvalue weighted by Crippen LogP contribution is -2.15. The van der Waals surface area contributed by atoms with Crippen LogP contribution in [0.4, 0.5) is 0 Å². The molecule has 2 fully saturated rings. The van der Waals surface area contributed by atoms with Crippen molar-refractivity contribution in [1.29, 1.82) is 0 Å². The lowest BCUT2D eigenvalue weighted by molar-refractivity contribution is 0.0977. The zero-order valence-corrected chi connectivity index (χ0v) is 12.9. The van der Waals surface area contributed by atoms with Gasteiger partial charge in [0.1, 0.15) is 5.75 Å². The van der Waals surface area contributed by atoms with Gasteiger partial charge in [0.2, 0.25) is 0 Å². The molecule has 0 aliphatic heterocycles. The van der Waals surface area contributed by atoms with Crippen molar-refractivity contribution in [3.8, 4) is 5.75 Å². The molecule has 0 bridgehead atoms. The smallest absolute Gasteiger partial charge is 0.163 e. The number of rotatable bonds is 7. The first-order valence-electron chi connectivity index (χ1n) is 8.57. The van der Waals surface area contributed by atoms with E-state index in [1.165, 1.54) is 44.9 Å². The summed E-state index contributed by atoms with van der Waals surface area (Å²) in [5, 5.41) is 0. The first-order valence-corrected chi connectivity index (χ1v) is 8.57. The van der Waals surface area contributed by atoms with Crippen molar-refractivity contribution < 1.29 is 9.53 Å². The number of ketones is 1. The molecule has 0 aromatic heterocycles. The van der Waals surface area contributed by atoms with E-state index in [2.05, 4.69) is 0 Å². The molecule has 0 heterocycles. The minimum atomic E-state index is 0.269. The van der Waals surface area contributed by atoms with Gasteiger partial charge >= 0.3 is 0 Å². The number of hydrogen-bond acceptors (Lipinski definition) is 2. The Bertz CT molecular complexity index is 470. The maximum Gasteiger partial charge on any atom is 0.163 e. The second-order valence-electron chi connectivity index (χ2n) is 6.75. The molecule has 1 aromatic carbocycles. The Morgan fingerprint density at radius 2 is 1.86 bits per heavy atom. The summed E-state index contributed by atoms with van der Waals surface area (Å²) in [4.78, 5) is 12.2. The molecular weight excluding hydrogens is 260 g/mol. The van der Waals surface area contributed by atoms with E-state index in [1.807, 2.05) is 24.3 Å². The molecule has 3 rings (SSSR count). The maximum atomic E-state index is 12.2. The summed E-state index contributed by atoms with van der Waals surface area (Å²) in [6.07, 6.45) is 11.0. The van der Waals surface area contributed by atoms with Gasteiger partial charge in [-0.3, -0.25) is 4.79 Å². The first-order chi connectivity index (χ1) is 10.3. The van der Waals surface area contributed by atoms with Crippen LogP contribution in [0, 0.1) is 11.8 Å². The second kappa shape index (κ2) is 7.11. The topological polar surface area (TPSA) is 26.3 Å². The van der Waals surface area contributed by atoms with Gasteiger partial charge in [0.15, 0.2) is 5.78 Å². The predicted octanol–water partition coefficient (Wildman–Crippen LogP) is 5.02. The molecular formula is C19H26O2. The molecule has 2 nitrogen and oxygen atoms in total. The van der Waals surface area contributed by atoms with Gasteiger partial charge < -0.3 is 4.74 Å². The van der Waals surface area contributed by atoms with Gasteiger partial charge in [0.25, 0.3) is 0 Å². The lowest BCUT2D eigenvalue weighted by atomic mass is 9.90. The summed E-state index contributed by atoms with van der Waals surface area (Å²) in [6, 6.07) is 7.77. The molecule has 0 unspecified atom stereocenters. The van der Waals surface area contributed by atoms with Crippen LogP contribution in [0.25, 0.3) is 0 Å². The molecule has 21 heavy (non-hydrogen) atoms.